The molecule has 3 amide bonds. The highest BCUT2D eigenvalue weighted by Gasteiger charge is 2.34. The molecule has 192 valence electrons. The van der Waals surface area contributed by atoms with Crippen molar-refractivity contribution in [1.82, 2.24) is 15.5 Å². The molecule has 0 bridgehead atoms. The number of piperidine rings is 2. The molecule has 0 aromatic heterocycles. The molecule has 2 saturated heterocycles. The molecule has 0 spiro atoms. The second-order valence-corrected chi connectivity index (χ2v) is 9.94. The van der Waals surface area contributed by atoms with Crippen LogP contribution in [0.4, 0.5) is 11.4 Å². The third kappa shape index (κ3) is 7.63. The van der Waals surface area contributed by atoms with E-state index in [4.69, 9.17) is 4.74 Å². The highest BCUT2D eigenvalue weighted by Crippen LogP contribution is 2.34. The molecule has 12 heteroatoms. The molecule has 35 heavy (non-hydrogen) atoms. The van der Waals surface area contributed by atoms with Gasteiger partial charge in [-0.25, -0.2) is 0 Å². The lowest BCUT2D eigenvalue weighted by molar-refractivity contribution is -0.384. The SMILES string of the molecule is CC1CC(C(=O)N2CCCC(Nc3c(CCOCCNC=O)cc(Br)cc3[N+](=O)[O-])C2)CC(=O)N1. The van der Waals surface area contributed by atoms with Crippen LogP contribution in [-0.2, 0) is 25.5 Å². The average Bonchev–Trinajstić information content (AvgIpc) is 2.81. The van der Waals surface area contributed by atoms with E-state index >= 15 is 0 Å². The summed E-state index contributed by atoms with van der Waals surface area (Å²) in [6.07, 6.45) is 3.39. The lowest BCUT2D eigenvalue weighted by Crippen LogP contribution is -2.51. The second kappa shape index (κ2) is 12.8. The largest absolute Gasteiger partial charge is 0.379 e. The minimum Gasteiger partial charge on any atom is -0.379 e. The van der Waals surface area contributed by atoms with Crippen molar-refractivity contribution in [1.29, 1.82) is 0 Å². The number of halogens is 1. The van der Waals surface area contributed by atoms with Crippen molar-refractivity contribution in [3.8, 4) is 0 Å². The van der Waals surface area contributed by atoms with Gasteiger partial charge in [0.05, 0.1) is 18.1 Å². The topological polar surface area (TPSA) is 143 Å². The maximum absolute atomic E-state index is 13.1. The quantitative estimate of drug-likeness (QED) is 0.164. The summed E-state index contributed by atoms with van der Waals surface area (Å²) in [7, 11) is 0. The van der Waals surface area contributed by atoms with E-state index in [0.29, 0.717) is 62.3 Å². The number of nitrogens with one attached hydrogen (secondary N) is 3. The van der Waals surface area contributed by atoms with E-state index in [1.807, 2.05) is 13.0 Å². The molecule has 1 aromatic rings. The van der Waals surface area contributed by atoms with Crippen LogP contribution in [0, 0.1) is 16.0 Å². The van der Waals surface area contributed by atoms with E-state index in [1.54, 1.807) is 4.90 Å². The molecule has 3 rings (SSSR count). The normalized spacial score (nSPS) is 22.3. The summed E-state index contributed by atoms with van der Waals surface area (Å²) in [5, 5.41) is 20.5. The fourth-order valence-corrected chi connectivity index (χ4v) is 5.19. The highest BCUT2D eigenvalue weighted by atomic mass is 79.9. The summed E-state index contributed by atoms with van der Waals surface area (Å²) in [6.45, 7) is 4.00. The number of rotatable bonds is 11. The Morgan fingerprint density at radius 1 is 1.40 bits per heavy atom. The van der Waals surface area contributed by atoms with Crippen LogP contribution in [0.25, 0.3) is 0 Å². The zero-order valence-electron chi connectivity index (χ0n) is 19.8. The standard InChI is InChI=1S/C23H32BrN5O6/c1-15-9-17(11-21(31)26-15)23(32)28-6-2-3-19(13-28)27-22-16(4-7-35-8-5-25-14-30)10-18(24)12-20(22)29(33)34/h10,12,14-15,17,19,27H,2-9,11,13H2,1H3,(H,25,30)(H,26,31). The summed E-state index contributed by atoms with van der Waals surface area (Å²) in [5.74, 6) is -0.463. The molecular weight excluding hydrogens is 522 g/mol. The Bertz CT molecular complexity index is 945. The third-order valence-electron chi connectivity index (χ3n) is 6.26. The van der Waals surface area contributed by atoms with E-state index in [0.717, 1.165) is 18.4 Å². The van der Waals surface area contributed by atoms with Gasteiger partial charge in [0.15, 0.2) is 0 Å². The summed E-state index contributed by atoms with van der Waals surface area (Å²) in [5.41, 5.74) is 1.12. The molecule has 11 nitrogen and oxygen atoms in total. The van der Waals surface area contributed by atoms with Gasteiger partial charge in [-0.2, -0.15) is 0 Å². The van der Waals surface area contributed by atoms with Crippen molar-refractivity contribution < 1.29 is 24.0 Å². The van der Waals surface area contributed by atoms with E-state index in [1.165, 1.54) is 6.07 Å². The first-order valence-electron chi connectivity index (χ1n) is 11.8. The van der Waals surface area contributed by atoms with Gasteiger partial charge in [-0.05, 0) is 44.2 Å². The van der Waals surface area contributed by atoms with Crippen LogP contribution >= 0.6 is 15.9 Å². The van der Waals surface area contributed by atoms with E-state index < -0.39 is 4.92 Å². The molecule has 2 aliphatic heterocycles. The van der Waals surface area contributed by atoms with Gasteiger partial charge in [-0.15, -0.1) is 0 Å². The monoisotopic (exact) mass is 553 g/mol. The van der Waals surface area contributed by atoms with E-state index in [-0.39, 0.29) is 41.9 Å². The van der Waals surface area contributed by atoms with Crippen LogP contribution < -0.4 is 16.0 Å². The van der Waals surface area contributed by atoms with Gasteiger partial charge in [0.25, 0.3) is 5.69 Å². The molecule has 3 unspecified atom stereocenters. The van der Waals surface area contributed by atoms with Crippen LogP contribution in [-0.4, -0.2) is 73.0 Å². The molecule has 1 aromatic carbocycles. The Labute approximate surface area is 212 Å². The Kier molecular flexibility index (Phi) is 9.84. The van der Waals surface area contributed by atoms with Gasteiger partial charge in [0.2, 0.25) is 18.2 Å². The number of benzene rings is 1. The lowest BCUT2D eigenvalue weighted by atomic mass is 9.90. The van der Waals surface area contributed by atoms with Crippen LogP contribution in [0.15, 0.2) is 16.6 Å². The molecular formula is C23H32BrN5O6. The van der Waals surface area contributed by atoms with E-state index in [2.05, 4.69) is 31.9 Å². The Balaban J connectivity index is 1.70. The molecule has 3 atom stereocenters. The second-order valence-electron chi connectivity index (χ2n) is 9.02. The molecule has 2 aliphatic rings. The number of carbonyl (C=O) groups excluding carboxylic acids is 3. The van der Waals surface area contributed by atoms with Crippen molar-refractivity contribution in [2.24, 2.45) is 5.92 Å². The van der Waals surface area contributed by atoms with Crippen molar-refractivity contribution in [2.45, 2.75) is 51.1 Å². The number of nitrogens with zero attached hydrogens (tertiary/aromatic N) is 2. The molecule has 0 radical (unpaired) electrons. The van der Waals surface area contributed by atoms with Gasteiger partial charge in [-0.1, -0.05) is 15.9 Å². The van der Waals surface area contributed by atoms with Crippen LogP contribution in [0.3, 0.4) is 0 Å². The number of nitro groups is 1. The van der Waals surface area contributed by atoms with Crippen molar-refractivity contribution in [2.75, 3.05) is 38.2 Å². The maximum Gasteiger partial charge on any atom is 0.293 e. The molecule has 2 heterocycles. The minimum atomic E-state index is -0.417. The number of nitro benzene ring substituents is 1. The molecule has 2 fully saturated rings. The fraction of sp³-hybridized carbons (Fsp3) is 0.609. The molecule has 3 N–H and O–H groups in total. The first kappa shape index (κ1) is 26.9. The Morgan fingerprint density at radius 3 is 2.91 bits per heavy atom. The lowest BCUT2D eigenvalue weighted by Gasteiger charge is -2.37. The van der Waals surface area contributed by atoms with Gasteiger partial charge in [-0.3, -0.25) is 24.5 Å². The Morgan fingerprint density at radius 2 is 2.20 bits per heavy atom. The van der Waals surface area contributed by atoms with Crippen molar-refractivity contribution >= 4 is 45.5 Å². The number of carbonyl (C=O) groups is 3. The first-order valence-corrected chi connectivity index (χ1v) is 12.6. The predicted octanol–water partition coefficient (Wildman–Crippen LogP) is 1.98. The van der Waals surface area contributed by atoms with Crippen molar-refractivity contribution in [3.63, 3.8) is 0 Å². The van der Waals surface area contributed by atoms with Gasteiger partial charge >= 0.3 is 0 Å². The number of hydrogen-bond acceptors (Lipinski definition) is 7. The van der Waals surface area contributed by atoms with Crippen LogP contribution in [0.5, 0.6) is 0 Å². The zero-order valence-corrected chi connectivity index (χ0v) is 21.3. The number of anilines is 1. The van der Waals surface area contributed by atoms with E-state index in [9.17, 15) is 24.5 Å². The Hall–Kier alpha value is -2.73. The maximum atomic E-state index is 13.1. The van der Waals surface area contributed by atoms with Gasteiger partial charge in [0.1, 0.15) is 5.69 Å². The van der Waals surface area contributed by atoms with Crippen LogP contribution in [0.2, 0.25) is 0 Å². The smallest absolute Gasteiger partial charge is 0.293 e. The number of amides is 3. The third-order valence-corrected chi connectivity index (χ3v) is 6.72. The minimum absolute atomic E-state index is 0.0268. The first-order chi connectivity index (χ1) is 16.8. The molecule has 0 aliphatic carbocycles. The van der Waals surface area contributed by atoms with Crippen LogP contribution in [0.1, 0.15) is 38.2 Å². The number of ether oxygens (including phenoxy) is 1. The number of likely N-dealkylation sites (tertiary alicyclic amines) is 1. The fourth-order valence-electron chi connectivity index (χ4n) is 4.70. The number of hydrogen-bond donors (Lipinski definition) is 3. The predicted molar refractivity (Wildman–Crippen MR) is 133 cm³/mol. The highest BCUT2D eigenvalue weighted by molar-refractivity contribution is 9.10. The zero-order chi connectivity index (χ0) is 25.4. The summed E-state index contributed by atoms with van der Waals surface area (Å²) in [4.78, 5) is 48.6. The van der Waals surface area contributed by atoms with Gasteiger partial charge < -0.3 is 25.6 Å². The average molecular weight is 554 g/mol. The molecule has 0 saturated carbocycles. The van der Waals surface area contributed by atoms with Gasteiger partial charge in [0, 0.05) is 54.6 Å². The summed E-state index contributed by atoms with van der Waals surface area (Å²) < 4.78 is 6.13. The summed E-state index contributed by atoms with van der Waals surface area (Å²) >= 11 is 3.36. The van der Waals surface area contributed by atoms with Crippen molar-refractivity contribution in [3.05, 3.63) is 32.3 Å². The summed E-state index contributed by atoms with van der Waals surface area (Å²) in [6, 6.07) is 3.11.